The van der Waals surface area contributed by atoms with Gasteiger partial charge in [0.2, 0.25) is 0 Å². The van der Waals surface area contributed by atoms with Gasteiger partial charge in [-0.25, -0.2) is 0 Å². The van der Waals surface area contributed by atoms with Gasteiger partial charge in [0.05, 0.1) is 0 Å². The lowest BCUT2D eigenvalue weighted by Crippen LogP contribution is -1.94. The van der Waals surface area contributed by atoms with Crippen molar-refractivity contribution in [1.82, 2.24) is 0 Å². The molecule has 0 aliphatic rings. The van der Waals surface area contributed by atoms with E-state index in [-0.39, 0.29) is 0 Å². The predicted octanol–water partition coefficient (Wildman–Crippen LogP) is 11.3. The van der Waals surface area contributed by atoms with Crippen molar-refractivity contribution in [1.29, 1.82) is 0 Å². The highest BCUT2D eigenvalue weighted by Crippen LogP contribution is 2.48. The summed E-state index contributed by atoms with van der Waals surface area (Å²) in [7, 11) is 0. The summed E-state index contributed by atoms with van der Waals surface area (Å²) in [6.45, 7) is 0. The van der Waals surface area contributed by atoms with E-state index in [9.17, 15) is 0 Å². The second kappa shape index (κ2) is 9.22. The smallest absolute Gasteiger partial charge is 0.000786 e. The van der Waals surface area contributed by atoms with Gasteiger partial charge in [0.25, 0.3) is 0 Å². The van der Waals surface area contributed by atoms with Crippen molar-refractivity contribution < 1.29 is 0 Å². The van der Waals surface area contributed by atoms with E-state index in [1.54, 1.807) is 0 Å². The van der Waals surface area contributed by atoms with Crippen molar-refractivity contribution in [2.45, 2.75) is 0 Å². The molecule has 0 radical (unpaired) electrons. The normalized spacial score (nSPS) is 11.5. The van der Waals surface area contributed by atoms with E-state index in [1.165, 1.54) is 76.5 Å². The molecule has 0 N–H and O–H groups in total. The van der Waals surface area contributed by atoms with Crippen molar-refractivity contribution in [2.24, 2.45) is 0 Å². The van der Waals surface area contributed by atoms with Gasteiger partial charge >= 0.3 is 0 Å². The summed E-state index contributed by atoms with van der Waals surface area (Å²) in [5.41, 5.74) is 7.59. The van der Waals surface area contributed by atoms with Gasteiger partial charge in [-0.05, 0) is 88.6 Å². The van der Waals surface area contributed by atoms with E-state index in [4.69, 9.17) is 0 Å². The van der Waals surface area contributed by atoms with Gasteiger partial charge in [-0.1, -0.05) is 146 Å². The van der Waals surface area contributed by atoms with Gasteiger partial charge in [0.15, 0.2) is 0 Å². The maximum atomic E-state index is 2.36. The molecular formula is C40H26. The zero-order valence-corrected chi connectivity index (χ0v) is 22.0. The molecule has 0 saturated carbocycles. The van der Waals surface area contributed by atoms with Crippen LogP contribution in [0.5, 0.6) is 0 Å². The van der Waals surface area contributed by atoms with E-state index < -0.39 is 0 Å². The van der Waals surface area contributed by atoms with Crippen molar-refractivity contribution in [2.75, 3.05) is 0 Å². The molecule has 40 heavy (non-hydrogen) atoms. The molecule has 8 rings (SSSR count). The van der Waals surface area contributed by atoms with Gasteiger partial charge in [-0.2, -0.15) is 0 Å². The zero-order chi connectivity index (χ0) is 26.5. The number of hydrogen-bond donors (Lipinski definition) is 0. The fraction of sp³-hybridized carbons (Fsp3) is 0. The number of benzene rings is 8. The third-order valence-electron chi connectivity index (χ3n) is 8.20. The highest BCUT2D eigenvalue weighted by Gasteiger charge is 2.21. The first kappa shape index (κ1) is 22.8. The van der Waals surface area contributed by atoms with Crippen LogP contribution in [0, 0.1) is 0 Å². The SMILES string of the molecule is c1ccc(-c2ccc3cc4ccccc4c(-c4c5ccccc5cc5ccccc45)c3c2-c2ccccc2)cc1. The molecule has 0 unspecified atom stereocenters. The lowest BCUT2D eigenvalue weighted by Gasteiger charge is -2.21. The summed E-state index contributed by atoms with van der Waals surface area (Å²) in [5, 5.41) is 10.2. The summed E-state index contributed by atoms with van der Waals surface area (Å²) in [5.74, 6) is 0. The number of rotatable bonds is 3. The van der Waals surface area contributed by atoms with Crippen LogP contribution in [-0.2, 0) is 0 Å². The molecule has 0 aliphatic heterocycles. The minimum Gasteiger partial charge on any atom is -0.0622 e. The summed E-state index contributed by atoms with van der Waals surface area (Å²) >= 11 is 0. The Kier molecular flexibility index (Phi) is 5.24. The molecular weight excluding hydrogens is 480 g/mol. The van der Waals surface area contributed by atoms with Gasteiger partial charge < -0.3 is 0 Å². The lowest BCUT2D eigenvalue weighted by atomic mass is 9.81. The monoisotopic (exact) mass is 506 g/mol. The fourth-order valence-electron chi connectivity index (χ4n) is 6.47. The average molecular weight is 507 g/mol. The largest absolute Gasteiger partial charge is 0.0622 e. The first-order valence-corrected chi connectivity index (χ1v) is 13.9. The quantitative estimate of drug-likeness (QED) is 0.209. The van der Waals surface area contributed by atoms with Gasteiger partial charge in [-0.15, -0.1) is 0 Å². The molecule has 0 spiro atoms. The Hall–Kier alpha value is -5.20. The van der Waals surface area contributed by atoms with Crippen LogP contribution in [0.25, 0.3) is 76.5 Å². The summed E-state index contributed by atoms with van der Waals surface area (Å²) in [6, 6.07) is 57.6. The number of fused-ring (bicyclic) bond motifs is 4. The minimum absolute atomic E-state index is 1.23. The Morgan fingerprint density at radius 1 is 0.275 bits per heavy atom. The Bertz CT molecular complexity index is 2130. The maximum Gasteiger partial charge on any atom is -0.000786 e. The standard InChI is InChI=1S/C40H26/c1-3-13-27(14-4-1)36-24-23-32-26-31-19-9-12-22-35(31)40(38(32)37(36)28-15-5-2-6-16-28)39-33-20-10-7-17-29(33)25-30-18-8-11-21-34(30)39/h1-26H. The van der Waals surface area contributed by atoms with Gasteiger partial charge in [-0.3, -0.25) is 0 Å². The van der Waals surface area contributed by atoms with Crippen LogP contribution in [0.4, 0.5) is 0 Å². The fourth-order valence-corrected chi connectivity index (χ4v) is 6.47. The first-order valence-electron chi connectivity index (χ1n) is 13.9. The van der Waals surface area contributed by atoms with Gasteiger partial charge in [0.1, 0.15) is 0 Å². The molecule has 0 atom stereocenters. The molecule has 0 saturated heterocycles. The van der Waals surface area contributed by atoms with Crippen LogP contribution >= 0.6 is 0 Å². The Morgan fingerprint density at radius 2 is 0.725 bits per heavy atom. The molecule has 0 aromatic heterocycles. The van der Waals surface area contributed by atoms with Crippen molar-refractivity contribution >= 4 is 43.1 Å². The Labute approximate surface area is 233 Å². The summed E-state index contributed by atoms with van der Waals surface area (Å²) in [6.07, 6.45) is 0. The third-order valence-corrected chi connectivity index (χ3v) is 8.20. The molecule has 0 aliphatic carbocycles. The Balaban J connectivity index is 1.67. The highest BCUT2D eigenvalue weighted by molar-refractivity contribution is 6.26. The lowest BCUT2D eigenvalue weighted by molar-refractivity contribution is 1.61. The molecule has 0 nitrogen and oxygen atoms in total. The van der Waals surface area contributed by atoms with Crippen molar-refractivity contribution in [3.8, 4) is 33.4 Å². The van der Waals surface area contributed by atoms with Crippen LogP contribution in [0.1, 0.15) is 0 Å². The zero-order valence-electron chi connectivity index (χ0n) is 22.0. The van der Waals surface area contributed by atoms with Crippen LogP contribution in [0.3, 0.4) is 0 Å². The van der Waals surface area contributed by atoms with Gasteiger partial charge in [0, 0.05) is 0 Å². The van der Waals surface area contributed by atoms with Crippen LogP contribution in [0.15, 0.2) is 158 Å². The third kappa shape index (κ3) is 3.54. The summed E-state index contributed by atoms with van der Waals surface area (Å²) < 4.78 is 0. The molecule has 186 valence electrons. The van der Waals surface area contributed by atoms with E-state index in [1.807, 2.05) is 0 Å². The molecule has 0 amide bonds. The molecule has 0 bridgehead atoms. The molecule has 8 aromatic rings. The number of hydrogen-bond acceptors (Lipinski definition) is 0. The van der Waals surface area contributed by atoms with Crippen LogP contribution in [-0.4, -0.2) is 0 Å². The van der Waals surface area contributed by atoms with Crippen LogP contribution in [0.2, 0.25) is 0 Å². The van der Waals surface area contributed by atoms with Crippen LogP contribution < -0.4 is 0 Å². The topological polar surface area (TPSA) is 0 Å². The maximum absolute atomic E-state index is 2.36. The van der Waals surface area contributed by atoms with E-state index >= 15 is 0 Å². The van der Waals surface area contributed by atoms with Crippen molar-refractivity contribution in [3.05, 3.63) is 158 Å². The molecule has 0 heteroatoms. The minimum atomic E-state index is 1.23. The molecule has 0 fully saturated rings. The Morgan fingerprint density at radius 3 is 1.30 bits per heavy atom. The average Bonchev–Trinajstić information content (AvgIpc) is 3.03. The highest BCUT2D eigenvalue weighted by atomic mass is 14.2. The second-order valence-electron chi connectivity index (χ2n) is 10.5. The predicted molar refractivity (Wildman–Crippen MR) is 173 cm³/mol. The van der Waals surface area contributed by atoms with E-state index in [0.717, 1.165) is 0 Å². The molecule has 0 heterocycles. The second-order valence-corrected chi connectivity index (χ2v) is 10.5. The first-order chi connectivity index (χ1) is 19.9. The van der Waals surface area contributed by atoms with E-state index in [0.29, 0.717) is 0 Å². The molecule has 8 aromatic carbocycles. The van der Waals surface area contributed by atoms with Crippen molar-refractivity contribution in [3.63, 3.8) is 0 Å². The summed E-state index contributed by atoms with van der Waals surface area (Å²) in [4.78, 5) is 0. The van der Waals surface area contributed by atoms with E-state index in [2.05, 4.69) is 158 Å².